The number of benzene rings is 1. The van der Waals surface area contributed by atoms with E-state index in [4.69, 9.17) is 0 Å². The summed E-state index contributed by atoms with van der Waals surface area (Å²) >= 11 is 0. The lowest BCUT2D eigenvalue weighted by Crippen LogP contribution is -2.20. The van der Waals surface area contributed by atoms with Crippen LogP contribution in [0.25, 0.3) is 27.7 Å². The summed E-state index contributed by atoms with van der Waals surface area (Å²) in [5.41, 5.74) is 2.70. The fourth-order valence-electron chi connectivity index (χ4n) is 3.33. The molecule has 3 aromatic heterocycles. The highest BCUT2D eigenvalue weighted by molar-refractivity contribution is 5.94. The number of ether oxygens (including phenoxy) is 1. The summed E-state index contributed by atoms with van der Waals surface area (Å²) in [7, 11) is 1.83. The number of alkyl halides is 2. The number of hydrogen-bond acceptors (Lipinski definition) is 3. The number of pyridine rings is 1. The van der Waals surface area contributed by atoms with E-state index in [0.717, 1.165) is 16.5 Å². The van der Waals surface area contributed by atoms with Crippen molar-refractivity contribution in [2.75, 3.05) is 0 Å². The Kier molecular flexibility index (Phi) is 4.46. The fraction of sp³-hybridized carbons (Fsp3) is 0.200. The van der Waals surface area contributed by atoms with Crippen LogP contribution >= 0.6 is 0 Å². The Bertz CT molecular complexity index is 1190. The third-order valence-electron chi connectivity index (χ3n) is 4.63. The normalized spacial score (nSPS) is 11.5. The molecule has 0 unspecified atom stereocenters. The van der Waals surface area contributed by atoms with E-state index in [2.05, 4.69) is 9.84 Å². The number of fused-ring (bicyclic) bond motifs is 1. The average molecular weight is 384 g/mol. The number of aromatic nitrogens is 4. The fourth-order valence-corrected chi connectivity index (χ4v) is 3.33. The molecule has 6 nitrogen and oxygen atoms in total. The van der Waals surface area contributed by atoms with Gasteiger partial charge in [0.1, 0.15) is 11.3 Å². The van der Waals surface area contributed by atoms with Crippen molar-refractivity contribution in [1.82, 2.24) is 18.9 Å². The van der Waals surface area contributed by atoms with Crippen LogP contribution in [-0.2, 0) is 13.6 Å². The van der Waals surface area contributed by atoms with Crippen LogP contribution in [0.5, 0.6) is 5.75 Å². The van der Waals surface area contributed by atoms with Gasteiger partial charge in [-0.3, -0.25) is 14.0 Å². The van der Waals surface area contributed by atoms with Gasteiger partial charge in [-0.15, -0.1) is 0 Å². The molecule has 0 N–H and O–H groups in total. The van der Waals surface area contributed by atoms with Crippen molar-refractivity contribution < 1.29 is 13.5 Å². The topological polar surface area (TPSA) is 54.0 Å². The number of nitrogens with zero attached hydrogens (tertiary/aromatic N) is 4. The first-order valence-corrected chi connectivity index (χ1v) is 8.76. The van der Waals surface area contributed by atoms with Crippen LogP contribution in [0.15, 0.2) is 59.9 Å². The average Bonchev–Trinajstić information content (AvgIpc) is 3.29. The molecule has 0 fully saturated rings. The Morgan fingerprint density at radius 3 is 2.50 bits per heavy atom. The second-order valence-electron chi connectivity index (χ2n) is 6.36. The van der Waals surface area contributed by atoms with Gasteiger partial charge in [0.2, 0.25) is 0 Å². The zero-order valence-corrected chi connectivity index (χ0v) is 15.3. The van der Waals surface area contributed by atoms with E-state index in [9.17, 15) is 13.6 Å². The molecule has 0 spiro atoms. The Hall–Kier alpha value is -3.42. The molecular weight excluding hydrogens is 366 g/mol. The molecule has 0 aliphatic heterocycles. The Morgan fingerprint density at radius 2 is 1.89 bits per heavy atom. The number of aryl methyl sites for hydroxylation is 2. The van der Waals surface area contributed by atoms with E-state index in [-0.39, 0.29) is 11.3 Å². The van der Waals surface area contributed by atoms with E-state index in [1.54, 1.807) is 29.2 Å². The Morgan fingerprint density at radius 1 is 1.14 bits per heavy atom. The Balaban J connectivity index is 1.93. The molecular formula is C20H18F2N4O2. The number of rotatable bonds is 5. The molecule has 0 aliphatic rings. The van der Waals surface area contributed by atoms with Gasteiger partial charge in [-0.1, -0.05) is 0 Å². The van der Waals surface area contributed by atoms with Crippen molar-refractivity contribution in [1.29, 1.82) is 0 Å². The van der Waals surface area contributed by atoms with Gasteiger partial charge in [-0.05, 0) is 37.3 Å². The quantitative estimate of drug-likeness (QED) is 0.526. The first-order chi connectivity index (χ1) is 13.5. The summed E-state index contributed by atoms with van der Waals surface area (Å²) in [6.45, 7) is -0.276. The molecule has 0 aliphatic carbocycles. The second-order valence-corrected chi connectivity index (χ2v) is 6.36. The molecule has 1 aromatic carbocycles. The van der Waals surface area contributed by atoms with Crippen molar-refractivity contribution >= 4 is 10.9 Å². The van der Waals surface area contributed by atoms with Gasteiger partial charge in [-0.25, -0.2) is 0 Å². The van der Waals surface area contributed by atoms with Crippen molar-refractivity contribution in [3.05, 3.63) is 65.5 Å². The molecule has 3 heterocycles. The molecule has 0 bridgehead atoms. The standard InChI is InChI=1S/C20H18F2N4O2/c1-3-25-9-8-16-17(13-10-23-24(2)11-13)12-26(19(27)18(16)25)14-4-6-15(7-5-14)28-20(21)22/h4-12,20H,3H2,1-2H3. The van der Waals surface area contributed by atoms with Crippen molar-refractivity contribution in [3.8, 4) is 22.6 Å². The van der Waals surface area contributed by atoms with Gasteiger partial charge in [0, 0.05) is 54.4 Å². The molecule has 0 radical (unpaired) electrons. The highest BCUT2D eigenvalue weighted by Gasteiger charge is 2.16. The van der Waals surface area contributed by atoms with E-state index < -0.39 is 6.61 Å². The zero-order valence-electron chi connectivity index (χ0n) is 15.3. The van der Waals surface area contributed by atoms with Crippen LogP contribution in [0.1, 0.15) is 6.92 Å². The number of hydrogen-bond donors (Lipinski definition) is 0. The molecule has 0 saturated heterocycles. The van der Waals surface area contributed by atoms with Gasteiger partial charge in [0.05, 0.1) is 6.20 Å². The van der Waals surface area contributed by atoms with Crippen molar-refractivity contribution in [2.24, 2.45) is 7.05 Å². The largest absolute Gasteiger partial charge is 0.435 e. The van der Waals surface area contributed by atoms with Crippen LogP contribution in [0.4, 0.5) is 8.78 Å². The third-order valence-corrected chi connectivity index (χ3v) is 4.63. The van der Waals surface area contributed by atoms with E-state index in [1.807, 2.05) is 37.0 Å². The van der Waals surface area contributed by atoms with E-state index >= 15 is 0 Å². The predicted octanol–water partition coefficient (Wildman–Crippen LogP) is 3.81. The summed E-state index contributed by atoms with van der Waals surface area (Å²) < 4.78 is 34.3. The molecule has 4 aromatic rings. The lowest BCUT2D eigenvalue weighted by atomic mass is 10.1. The first-order valence-electron chi connectivity index (χ1n) is 8.76. The van der Waals surface area contributed by atoms with Crippen molar-refractivity contribution in [2.45, 2.75) is 20.1 Å². The summed E-state index contributed by atoms with van der Waals surface area (Å²) in [4.78, 5) is 13.2. The predicted molar refractivity (Wildman–Crippen MR) is 102 cm³/mol. The van der Waals surface area contributed by atoms with Crippen molar-refractivity contribution in [3.63, 3.8) is 0 Å². The molecule has 4 rings (SSSR count). The maximum Gasteiger partial charge on any atom is 0.387 e. The van der Waals surface area contributed by atoms with Crippen LogP contribution in [-0.4, -0.2) is 25.5 Å². The van der Waals surface area contributed by atoms with Crippen LogP contribution in [0, 0.1) is 0 Å². The monoisotopic (exact) mass is 384 g/mol. The molecule has 28 heavy (non-hydrogen) atoms. The highest BCUT2D eigenvalue weighted by Crippen LogP contribution is 2.28. The lowest BCUT2D eigenvalue weighted by Gasteiger charge is -2.12. The summed E-state index contributed by atoms with van der Waals surface area (Å²) in [6.07, 6.45) is 7.26. The maximum atomic E-state index is 13.2. The van der Waals surface area contributed by atoms with Gasteiger partial charge in [0.25, 0.3) is 5.56 Å². The first kappa shape index (κ1) is 18.0. The molecule has 0 saturated carbocycles. The van der Waals surface area contributed by atoms with Crippen LogP contribution < -0.4 is 10.3 Å². The lowest BCUT2D eigenvalue weighted by molar-refractivity contribution is -0.0498. The molecule has 144 valence electrons. The second kappa shape index (κ2) is 6.95. The maximum absolute atomic E-state index is 13.2. The van der Waals surface area contributed by atoms with Crippen LogP contribution in [0.2, 0.25) is 0 Å². The Labute approximate surface area is 159 Å². The SMILES string of the molecule is CCn1ccc2c(-c3cnn(C)c3)cn(-c3ccc(OC(F)F)cc3)c(=O)c21. The van der Waals surface area contributed by atoms with Crippen LogP contribution in [0.3, 0.4) is 0 Å². The summed E-state index contributed by atoms with van der Waals surface area (Å²) in [5, 5.41) is 5.07. The number of halogens is 2. The van der Waals surface area contributed by atoms with Gasteiger partial charge in [0.15, 0.2) is 0 Å². The zero-order chi connectivity index (χ0) is 19.8. The van der Waals surface area contributed by atoms with E-state index in [0.29, 0.717) is 17.7 Å². The summed E-state index contributed by atoms with van der Waals surface area (Å²) in [6, 6.07) is 7.92. The smallest absolute Gasteiger partial charge is 0.387 e. The third kappa shape index (κ3) is 3.06. The van der Waals surface area contributed by atoms with Gasteiger partial charge in [-0.2, -0.15) is 13.9 Å². The molecule has 0 amide bonds. The van der Waals surface area contributed by atoms with E-state index in [1.165, 1.54) is 16.7 Å². The minimum atomic E-state index is -2.89. The highest BCUT2D eigenvalue weighted by atomic mass is 19.3. The minimum Gasteiger partial charge on any atom is -0.435 e. The minimum absolute atomic E-state index is 0.0392. The van der Waals surface area contributed by atoms with Gasteiger partial charge >= 0.3 is 6.61 Å². The molecule has 0 atom stereocenters. The van der Waals surface area contributed by atoms with Gasteiger partial charge < -0.3 is 9.30 Å². The molecule has 8 heteroatoms. The summed E-state index contributed by atoms with van der Waals surface area (Å²) in [5.74, 6) is 0.0392.